The molecular formula is C15H18N2OS. The van der Waals surface area contributed by atoms with Crippen LogP contribution >= 0.6 is 11.3 Å². The van der Waals surface area contributed by atoms with Gasteiger partial charge in [-0.15, -0.1) is 11.3 Å². The highest BCUT2D eigenvalue weighted by atomic mass is 32.1. The van der Waals surface area contributed by atoms with E-state index in [1.54, 1.807) is 11.3 Å². The summed E-state index contributed by atoms with van der Waals surface area (Å²) in [5, 5.41) is 13.6. The molecule has 0 aromatic carbocycles. The maximum Gasteiger partial charge on any atom is 0.0897 e. The summed E-state index contributed by atoms with van der Waals surface area (Å²) in [7, 11) is 0. The summed E-state index contributed by atoms with van der Waals surface area (Å²) >= 11 is 1.64. The molecule has 0 amide bonds. The lowest BCUT2D eigenvalue weighted by molar-refractivity contribution is 0.131. The van der Waals surface area contributed by atoms with E-state index in [9.17, 15) is 5.11 Å². The number of fused-ring (bicyclic) bond motifs is 1. The summed E-state index contributed by atoms with van der Waals surface area (Å²) in [6.45, 7) is 2.00. The van der Waals surface area contributed by atoms with Gasteiger partial charge in [0.1, 0.15) is 0 Å². The number of aromatic nitrogens is 2. The van der Waals surface area contributed by atoms with E-state index in [0.29, 0.717) is 6.42 Å². The minimum atomic E-state index is -0.379. The van der Waals surface area contributed by atoms with E-state index in [2.05, 4.69) is 16.0 Å². The first kappa shape index (κ1) is 12.8. The van der Waals surface area contributed by atoms with Crippen LogP contribution in [0.5, 0.6) is 0 Å². The quantitative estimate of drug-likeness (QED) is 0.936. The van der Waals surface area contributed by atoms with Gasteiger partial charge in [0.25, 0.3) is 0 Å². The molecule has 3 rings (SSSR count). The highest BCUT2D eigenvalue weighted by molar-refractivity contribution is 7.09. The Kier molecular flexibility index (Phi) is 3.62. The third-order valence-corrected chi connectivity index (χ3v) is 4.61. The van der Waals surface area contributed by atoms with E-state index in [-0.39, 0.29) is 12.0 Å². The van der Waals surface area contributed by atoms with Crippen molar-refractivity contribution in [3.8, 4) is 0 Å². The van der Waals surface area contributed by atoms with Gasteiger partial charge in [-0.3, -0.25) is 4.98 Å². The standard InChI is InChI=1S/C15H18N2OS/c1-10-17-12(9-19-10)8-14(18)13-6-2-4-11-5-3-7-16-15(11)13/h3,5,7,9,13-14,18H,2,4,6,8H2,1H3. The highest BCUT2D eigenvalue weighted by Crippen LogP contribution is 2.33. The Hall–Kier alpha value is -1.26. The van der Waals surface area contributed by atoms with Crippen molar-refractivity contribution in [2.75, 3.05) is 0 Å². The van der Waals surface area contributed by atoms with E-state index < -0.39 is 0 Å². The van der Waals surface area contributed by atoms with E-state index >= 15 is 0 Å². The Morgan fingerprint density at radius 3 is 3.21 bits per heavy atom. The maximum atomic E-state index is 10.5. The van der Waals surface area contributed by atoms with Crippen molar-refractivity contribution in [3.63, 3.8) is 0 Å². The molecule has 2 unspecified atom stereocenters. The molecule has 4 heteroatoms. The molecule has 2 atom stereocenters. The lowest BCUT2D eigenvalue weighted by Crippen LogP contribution is -2.26. The Labute approximate surface area is 117 Å². The molecule has 0 radical (unpaired) electrons. The molecule has 2 heterocycles. The highest BCUT2D eigenvalue weighted by Gasteiger charge is 2.28. The van der Waals surface area contributed by atoms with Crippen molar-refractivity contribution in [2.45, 2.75) is 44.6 Å². The first-order valence-electron chi connectivity index (χ1n) is 6.77. The zero-order valence-electron chi connectivity index (χ0n) is 11.0. The van der Waals surface area contributed by atoms with Crippen LogP contribution in [-0.4, -0.2) is 21.2 Å². The predicted octanol–water partition coefficient (Wildman–Crippen LogP) is 2.87. The van der Waals surface area contributed by atoms with Gasteiger partial charge in [0.2, 0.25) is 0 Å². The SMILES string of the molecule is Cc1nc(CC(O)C2CCCc3cccnc32)cs1. The van der Waals surface area contributed by atoms with Crippen molar-refractivity contribution in [1.29, 1.82) is 0 Å². The molecule has 0 aliphatic heterocycles. The summed E-state index contributed by atoms with van der Waals surface area (Å²) in [6, 6.07) is 4.12. The van der Waals surface area contributed by atoms with E-state index in [1.165, 1.54) is 5.56 Å². The lowest BCUT2D eigenvalue weighted by Gasteiger charge is -2.28. The third-order valence-electron chi connectivity index (χ3n) is 3.79. The molecule has 0 saturated heterocycles. The second kappa shape index (κ2) is 5.39. The summed E-state index contributed by atoms with van der Waals surface area (Å²) in [6.07, 6.45) is 5.32. The molecular weight excluding hydrogens is 256 g/mol. The molecule has 0 saturated carbocycles. The van der Waals surface area contributed by atoms with Crippen molar-refractivity contribution >= 4 is 11.3 Å². The Morgan fingerprint density at radius 2 is 2.42 bits per heavy atom. The van der Waals surface area contributed by atoms with Crippen LogP contribution < -0.4 is 0 Å². The number of aryl methyl sites for hydroxylation is 2. The molecule has 1 N–H and O–H groups in total. The Morgan fingerprint density at radius 1 is 1.53 bits per heavy atom. The van der Waals surface area contributed by atoms with Crippen molar-refractivity contribution in [1.82, 2.24) is 9.97 Å². The zero-order valence-corrected chi connectivity index (χ0v) is 11.9. The normalized spacial score (nSPS) is 20.0. The summed E-state index contributed by atoms with van der Waals surface area (Å²) < 4.78 is 0. The van der Waals surface area contributed by atoms with Crippen LogP contribution in [0.2, 0.25) is 0 Å². The molecule has 2 aromatic rings. The molecule has 1 aliphatic carbocycles. The molecule has 3 nitrogen and oxygen atoms in total. The first-order chi connectivity index (χ1) is 9.24. The molecule has 0 fully saturated rings. The molecule has 1 aliphatic rings. The largest absolute Gasteiger partial charge is 0.392 e. The zero-order chi connectivity index (χ0) is 13.2. The van der Waals surface area contributed by atoms with Gasteiger partial charge < -0.3 is 5.11 Å². The number of nitrogens with zero attached hydrogens (tertiary/aromatic N) is 2. The number of hydrogen-bond donors (Lipinski definition) is 1. The van der Waals surface area contributed by atoms with Gasteiger partial charge in [-0.25, -0.2) is 4.98 Å². The van der Waals surface area contributed by atoms with Gasteiger partial charge in [0.05, 0.1) is 16.8 Å². The number of rotatable bonds is 3. The van der Waals surface area contributed by atoms with Crippen LogP contribution in [0.25, 0.3) is 0 Å². The average molecular weight is 274 g/mol. The number of pyridine rings is 1. The molecule has 0 bridgehead atoms. The summed E-state index contributed by atoms with van der Waals surface area (Å²) in [4.78, 5) is 8.93. The van der Waals surface area contributed by atoms with Gasteiger partial charge in [0.15, 0.2) is 0 Å². The van der Waals surface area contributed by atoms with Gasteiger partial charge in [-0.1, -0.05) is 6.07 Å². The van der Waals surface area contributed by atoms with Crippen LogP contribution in [0, 0.1) is 6.92 Å². The van der Waals surface area contributed by atoms with Crippen LogP contribution in [0.1, 0.15) is 40.7 Å². The molecule has 0 spiro atoms. The lowest BCUT2D eigenvalue weighted by atomic mass is 9.82. The van der Waals surface area contributed by atoms with Gasteiger partial charge in [0, 0.05) is 29.6 Å². The fourth-order valence-electron chi connectivity index (χ4n) is 2.88. The Bertz CT molecular complexity index is 567. The fraction of sp³-hybridized carbons (Fsp3) is 0.467. The van der Waals surface area contributed by atoms with Crippen LogP contribution in [0.3, 0.4) is 0 Å². The summed E-state index contributed by atoms with van der Waals surface area (Å²) in [5.41, 5.74) is 3.39. The number of aliphatic hydroxyl groups is 1. The van der Waals surface area contributed by atoms with E-state index in [0.717, 1.165) is 35.7 Å². The van der Waals surface area contributed by atoms with Gasteiger partial charge in [-0.05, 0) is 37.8 Å². The molecule has 19 heavy (non-hydrogen) atoms. The van der Waals surface area contributed by atoms with Crippen LogP contribution in [-0.2, 0) is 12.8 Å². The first-order valence-corrected chi connectivity index (χ1v) is 7.65. The molecule has 2 aromatic heterocycles. The third kappa shape index (κ3) is 2.69. The topological polar surface area (TPSA) is 46.0 Å². The van der Waals surface area contributed by atoms with Crippen LogP contribution in [0.4, 0.5) is 0 Å². The molecule has 100 valence electrons. The second-order valence-corrected chi connectivity index (χ2v) is 6.24. The van der Waals surface area contributed by atoms with Gasteiger partial charge in [-0.2, -0.15) is 0 Å². The van der Waals surface area contributed by atoms with Gasteiger partial charge >= 0.3 is 0 Å². The average Bonchev–Trinajstić information content (AvgIpc) is 2.83. The Balaban J connectivity index is 1.79. The number of thiazole rings is 1. The van der Waals surface area contributed by atoms with Crippen molar-refractivity contribution in [3.05, 3.63) is 45.7 Å². The predicted molar refractivity (Wildman–Crippen MR) is 76.5 cm³/mol. The smallest absolute Gasteiger partial charge is 0.0897 e. The fourth-order valence-corrected chi connectivity index (χ4v) is 3.50. The van der Waals surface area contributed by atoms with E-state index in [4.69, 9.17) is 0 Å². The van der Waals surface area contributed by atoms with Crippen LogP contribution in [0.15, 0.2) is 23.7 Å². The second-order valence-electron chi connectivity index (χ2n) is 5.18. The maximum absolute atomic E-state index is 10.5. The van der Waals surface area contributed by atoms with Crippen molar-refractivity contribution in [2.24, 2.45) is 0 Å². The number of hydrogen-bond acceptors (Lipinski definition) is 4. The minimum Gasteiger partial charge on any atom is -0.392 e. The minimum absolute atomic E-state index is 0.159. The van der Waals surface area contributed by atoms with E-state index in [1.807, 2.05) is 24.6 Å². The number of aliphatic hydroxyl groups excluding tert-OH is 1. The monoisotopic (exact) mass is 274 g/mol. The summed E-state index contributed by atoms with van der Waals surface area (Å²) in [5.74, 6) is 0.159. The van der Waals surface area contributed by atoms with Crippen molar-refractivity contribution < 1.29 is 5.11 Å².